The number of amides is 1. The molecule has 1 saturated carbocycles. The van der Waals surface area contributed by atoms with Gasteiger partial charge in [-0.3, -0.25) is 0 Å². The van der Waals surface area contributed by atoms with Gasteiger partial charge in [0.05, 0.1) is 15.9 Å². The number of rotatable bonds is 4. The predicted octanol–water partition coefficient (Wildman–Crippen LogP) is 3.22. The minimum Gasteiger partial charge on any atom is -0.381 e. The third-order valence-corrected chi connectivity index (χ3v) is 5.81. The lowest BCUT2D eigenvalue weighted by Gasteiger charge is -2.01. The smallest absolute Gasteiger partial charge is 0.381 e. The van der Waals surface area contributed by atoms with E-state index in [9.17, 15) is 4.79 Å². The first-order valence-corrected chi connectivity index (χ1v) is 9.57. The van der Waals surface area contributed by atoms with Gasteiger partial charge < -0.3 is 10.5 Å². The van der Waals surface area contributed by atoms with Crippen LogP contribution in [0.3, 0.4) is 0 Å². The van der Waals surface area contributed by atoms with Gasteiger partial charge in [0.25, 0.3) is 5.19 Å². The number of carbonyl (C=O) groups is 1. The Morgan fingerprint density at radius 3 is 2.96 bits per heavy atom. The molecule has 5 rings (SSSR count). The predicted molar refractivity (Wildman–Crippen MR) is 96.7 cm³/mol. The second kappa shape index (κ2) is 5.92. The van der Waals surface area contributed by atoms with Crippen molar-refractivity contribution in [3.05, 3.63) is 36.0 Å². The topological polar surface area (TPSA) is 108 Å². The molecule has 1 fully saturated rings. The quantitative estimate of drug-likeness (QED) is 0.575. The van der Waals surface area contributed by atoms with E-state index in [1.165, 1.54) is 35.9 Å². The van der Waals surface area contributed by atoms with Crippen molar-refractivity contribution >= 4 is 45.1 Å². The normalized spacial score (nSPS) is 14.2. The molecule has 8 nitrogen and oxygen atoms in total. The van der Waals surface area contributed by atoms with Crippen LogP contribution in [0.25, 0.3) is 15.9 Å². The summed E-state index contributed by atoms with van der Waals surface area (Å²) in [6.07, 6.45) is 1.52. The Bertz CT molecular complexity index is 1150. The fourth-order valence-corrected chi connectivity index (χ4v) is 4.39. The average Bonchev–Trinajstić information content (AvgIpc) is 3.28. The standard InChI is InChI=1S/C16H12N6O2S2/c17-14(23)24-16-18-11-4-3-9(7-12(11)26-16)25-15-20-19-13-6-5-10(8-1-2-8)21-22(13)15/h3-8H,1-2H2,(H2,17,23). The van der Waals surface area contributed by atoms with Gasteiger partial charge in [0.2, 0.25) is 5.16 Å². The summed E-state index contributed by atoms with van der Waals surface area (Å²) in [6, 6.07) is 9.76. The van der Waals surface area contributed by atoms with Crippen LogP contribution in [0.4, 0.5) is 4.79 Å². The molecule has 2 N–H and O–H groups in total. The molecule has 0 unspecified atom stereocenters. The molecule has 1 aliphatic rings. The lowest BCUT2D eigenvalue weighted by Crippen LogP contribution is -2.15. The van der Waals surface area contributed by atoms with Gasteiger partial charge in [-0.1, -0.05) is 11.3 Å². The monoisotopic (exact) mass is 384 g/mol. The van der Waals surface area contributed by atoms with Crippen LogP contribution in [0.5, 0.6) is 5.19 Å². The number of fused-ring (bicyclic) bond motifs is 2. The highest BCUT2D eigenvalue weighted by Crippen LogP contribution is 2.39. The van der Waals surface area contributed by atoms with Gasteiger partial charge in [-0.25, -0.2) is 9.78 Å². The number of ether oxygens (including phenoxy) is 1. The van der Waals surface area contributed by atoms with Crippen molar-refractivity contribution < 1.29 is 9.53 Å². The summed E-state index contributed by atoms with van der Waals surface area (Å²) in [5, 5.41) is 14.1. The first kappa shape index (κ1) is 15.5. The van der Waals surface area contributed by atoms with E-state index in [-0.39, 0.29) is 5.19 Å². The maximum absolute atomic E-state index is 10.9. The molecule has 0 aliphatic heterocycles. The molecule has 0 bridgehead atoms. The minimum atomic E-state index is -0.869. The molecule has 0 spiro atoms. The van der Waals surface area contributed by atoms with Crippen LogP contribution in [0.1, 0.15) is 24.5 Å². The van der Waals surface area contributed by atoms with Crippen molar-refractivity contribution in [1.82, 2.24) is 24.8 Å². The Labute approximate surface area is 155 Å². The van der Waals surface area contributed by atoms with E-state index >= 15 is 0 Å². The number of thiazole rings is 1. The average molecular weight is 384 g/mol. The molecule has 3 aromatic heterocycles. The summed E-state index contributed by atoms with van der Waals surface area (Å²) in [6.45, 7) is 0. The van der Waals surface area contributed by atoms with Crippen molar-refractivity contribution in [1.29, 1.82) is 0 Å². The molecule has 10 heteroatoms. The number of hydrogen-bond donors (Lipinski definition) is 1. The van der Waals surface area contributed by atoms with Gasteiger partial charge in [0, 0.05) is 10.8 Å². The SMILES string of the molecule is NC(=O)Oc1nc2ccc(Sc3nnc4ccc(C5CC5)nn34)cc2s1. The van der Waals surface area contributed by atoms with Crippen molar-refractivity contribution in [3.63, 3.8) is 0 Å². The van der Waals surface area contributed by atoms with E-state index in [0.717, 1.165) is 26.5 Å². The van der Waals surface area contributed by atoms with Gasteiger partial charge in [-0.05, 0) is 54.9 Å². The van der Waals surface area contributed by atoms with Crippen molar-refractivity contribution in [3.8, 4) is 5.19 Å². The van der Waals surface area contributed by atoms with Crippen molar-refractivity contribution in [2.75, 3.05) is 0 Å². The molecule has 26 heavy (non-hydrogen) atoms. The molecular weight excluding hydrogens is 372 g/mol. The second-order valence-electron chi connectivity index (χ2n) is 5.92. The lowest BCUT2D eigenvalue weighted by molar-refractivity contribution is 0.211. The van der Waals surface area contributed by atoms with E-state index in [1.54, 1.807) is 4.52 Å². The summed E-state index contributed by atoms with van der Waals surface area (Å²) in [5.74, 6) is 0.567. The van der Waals surface area contributed by atoms with E-state index in [0.29, 0.717) is 11.1 Å². The van der Waals surface area contributed by atoms with Gasteiger partial charge >= 0.3 is 6.09 Å². The van der Waals surface area contributed by atoms with Crippen LogP contribution in [0.15, 0.2) is 40.4 Å². The summed E-state index contributed by atoms with van der Waals surface area (Å²) in [7, 11) is 0. The molecule has 0 radical (unpaired) electrons. The van der Waals surface area contributed by atoms with Crippen molar-refractivity contribution in [2.24, 2.45) is 5.73 Å². The number of aromatic nitrogens is 5. The van der Waals surface area contributed by atoms with E-state index in [2.05, 4.69) is 20.3 Å². The third-order valence-electron chi connectivity index (χ3n) is 3.99. The Morgan fingerprint density at radius 2 is 2.15 bits per heavy atom. The molecule has 4 aromatic rings. The highest BCUT2D eigenvalue weighted by molar-refractivity contribution is 7.99. The largest absolute Gasteiger partial charge is 0.411 e. The highest BCUT2D eigenvalue weighted by atomic mass is 32.2. The van der Waals surface area contributed by atoms with Crippen LogP contribution < -0.4 is 10.5 Å². The first-order valence-electron chi connectivity index (χ1n) is 7.94. The van der Waals surface area contributed by atoms with Crippen LogP contribution in [0, 0.1) is 0 Å². The van der Waals surface area contributed by atoms with Gasteiger partial charge in [-0.15, -0.1) is 10.2 Å². The molecule has 130 valence electrons. The number of carbonyl (C=O) groups excluding carboxylic acids is 1. The maximum atomic E-state index is 10.9. The molecule has 0 atom stereocenters. The van der Waals surface area contributed by atoms with Gasteiger partial charge in [-0.2, -0.15) is 9.61 Å². The highest BCUT2D eigenvalue weighted by Gasteiger charge is 2.26. The Balaban J connectivity index is 1.47. The maximum Gasteiger partial charge on any atom is 0.411 e. The summed E-state index contributed by atoms with van der Waals surface area (Å²) >= 11 is 2.74. The molecule has 3 heterocycles. The first-order chi connectivity index (χ1) is 12.7. The fraction of sp³-hybridized carbons (Fsp3) is 0.188. The summed E-state index contributed by atoms with van der Waals surface area (Å²) < 4.78 is 7.53. The Kier molecular flexibility index (Phi) is 3.54. The summed E-state index contributed by atoms with van der Waals surface area (Å²) in [5.41, 5.74) is 7.60. The van der Waals surface area contributed by atoms with Crippen LogP contribution in [-0.4, -0.2) is 30.9 Å². The zero-order valence-electron chi connectivity index (χ0n) is 13.3. The van der Waals surface area contributed by atoms with Crippen LogP contribution in [-0.2, 0) is 0 Å². The van der Waals surface area contributed by atoms with E-state index in [4.69, 9.17) is 10.5 Å². The zero-order chi connectivity index (χ0) is 17.7. The van der Waals surface area contributed by atoms with E-state index in [1.807, 2.05) is 30.3 Å². The van der Waals surface area contributed by atoms with Gasteiger partial charge in [0.15, 0.2) is 5.65 Å². The molecule has 0 saturated heterocycles. The minimum absolute atomic E-state index is 0.235. The summed E-state index contributed by atoms with van der Waals surface area (Å²) in [4.78, 5) is 16.1. The number of nitrogens with two attached hydrogens (primary N) is 1. The third kappa shape index (κ3) is 2.86. The number of primary amides is 1. The number of nitrogens with zero attached hydrogens (tertiary/aromatic N) is 5. The Morgan fingerprint density at radius 1 is 1.27 bits per heavy atom. The number of benzene rings is 1. The zero-order valence-corrected chi connectivity index (χ0v) is 15.0. The Hall–Kier alpha value is -2.72. The lowest BCUT2D eigenvalue weighted by atomic mass is 10.3. The van der Waals surface area contributed by atoms with Crippen LogP contribution in [0.2, 0.25) is 0 Å². The molecule has 1 aliphatic carbocycles. The molecule has 1 aromatic carbocycles. The van der Waals surface area contributed by atoms with Crippen LogP contribution >= 0.6 is 23.1 Å². The second-order valence-corrected chi connectivity index (χ2v) is 7.95. The molecular formula is C16H12N6O2S2. The fourth-order valence-electron chi connectivity index (χ4n) is 2.63. The number of hydrogen-bond acceptors (Lipinski definition) is 8. The molecule has 1 amide bonds. The van der Waals surface area contributed by atoms with Gasteiger partial charge in [0.1, 0.15) is 0 Å². The van der Waals surface area contributed by atoms with Crippen molar-refractivity contribution in [2.45, 2.75) is 28.8 Å². The van der Waals surface area contributed by atoms with E-state index < -0.39 is 6.09 Å².